The molecule has 0 unspecified atom stereocenters. The van der Waals surface area contributed by atoms with Crippen molar-refractivity contribution in [2.45, 2.75) is 13.1 Å². The van der Waals surface area contributed by atoms with Crippen LogP contribution in [-0.2, 0) is 13.1 Å². The highest BCUT2D eigenvalue weighted by Gasteiger charge is 2.33. The van der Waals surface area contributed by atoms with E-state index in [4.69, 9.17) is 18.6 Å². The number of nitrogens with zero attached hydrogens (tertiary/aromatic N) is 1. The van der Waals surface area contributed by atoms with Crippen molar-refractivity contribution in [1.29, 1.82) is 0 Å². The zero-order valence-corrected chi connectivity index (χ0v) is 15.9. The number of hydrogen-bond acceptors (Lipinski definition) is 6. The third-order valence-electron chi connectivity index (χ3n) is 5.07. The molecule has 0 N–H and O–H groups in total. The van der Waals surface area contributed by atoms with Crippen LogP contribution in [0.3, 0.4) is 0 Å². The van der Waals surface area contributed by atoms with E-state index in [0.717, 1.165) is 22.6 Å². The molecule has 0 fully saturated rings. The van der Waals surface area contributed by atoms with E-state index in [1.54, 1.807) is 25.5 Å². The van der Waals surface area contributed by atoms with E-state index in [-0.39, 0.29) is 11.5 Å². The molecule has 0 aliphatic carbocycles. The summed E-state index contributed by atoms with van der Waals surface area (Å²) in [5.74, 6) is 2.99. The molecule has 2 aromatic carbocycles. The first kappa shape index (κ1) is 17.6. The second kappa shape index (κ2) is 7.14. The number of furan rings is 1. The first-order valence-corrected chi connectivity index (χ1v) is 9.33. The average Bonchev–Trinajstić information content (AvgIpc) is 3.37. The topological polar surface area (TPSA) is 61.1 Å². The number of hydrogen-bond donors (Lipinski definition) is 0. The van der Waals surface area contributed by atoms with Gasteiger partial charge in [-0.1, -0.05) is 18.2 Å². The Morgan fingerprint density at radius 1 is 1.14 bits per heavy atom. The van der Waals surface area contributed by atoms with Crippen molar-refractivity contribution in [2.24, 2.45) is 0 Å². The fraction of sp³-hybridized carbons (Fsp3) is 0.174. The Morgan fingerprint density at radius 3 is 2.86 bits per heavy atom. The third-order valence-corrected chi connectivity index (χ3v) is 5.07. The number of allylic oxidation sites excluding steroid dienone is 1. The molecule has 0 saturated heterocycles. The fourth-order valence-electron chi connectivity index (χ4n) is 3.66. The highest BCUT2D eigenvalue weighted by atomic mass is 16.5. The van der Waals surface area contributed by atoms with Crippen LogP contribution >= 0.6 is 0 Å². The third kappa shape index (κ3) is 3.17. The van der Waals surface area contributed by atoms with Crippen LogP contribution < -0.4 is 14.2 Å². The minimum atomic E-state index is -0.142. The lowest BCUT2D eigenvalue weighted by atomic mass is 10.0. The molecule has 0 bridgehead atoms. The molecule has 5 rings (SSSR count). The predicted octanol–water partition coefficient (Wildman–Crippen LogP) is 4.26. The van der Waals surface area contributed by atoms with Gasteiger partial charge in [0.1, 0.15) is 29.7 Å². The zero-order valence-electron chi connectivity index (χ0n) is 15.9. The average molecular weight is 389 g/mol. The van der Waals surface area contributed by atoms with Crippen LogP contribution in [0.5, 0.6) is 17.2 Å². The summed E-state index contributed by atoms with van der Waals surface area (Å²) >= 11 is 0. The van der Waals surface area contributed by atoms with E-state index in [9.17, 15) is 4.79 Å². The molecule has 0 radical (unpaired) electrons. The number of Topliss-reactive ketones (excluding diaryl/α,β-unsaturated/α-hetero) is 1. The summed E-state index contributed by atoms with van der Waals surface area (Å²) in [6.45, 7) is 1.67. The Balaban J connectivity index is 1.46. The van der Waals surface area contributed by atoms with Crippen molar-refractivity contribution in [3.63, 3.8) is 0 Å². The van der Waals surface area contributed by atoms with Crippen LogP contribution in [-0.4, -0.2) is 24.5 Å². The van der Waals surface area contributed by atoms with Gasteiger partial charge in [-0.25, -0.2) is 0 Å². The van der Waals surface area contributed by atoms with E-state index in [1.165, 1.54) is 0 Å². The number of ether oxygens (including phenoxy) is 3. The maximum atomic E-state index is 12.9. The molecule has 6 nitrogen and oxygen atoms in total. The number of carbonyl (C=O) groups is 1. The van der Waals surface area contributed by atoms with E-state index < -0.39 is 0 Å². The highest BCUT2D eigenvalue weighted by molar-refractivity contribution is 6.15. The van der Waals surface area contributed by atoms with Gasteiger partial charge in [-0.05, 0) is 36.4 Å². The molecule has 6 heteroatoms. The maximum Gasteiger partial charge on any atom is 0.231 e. The molecule has 0 amide bonds. The van der Waals surface area contributed by atoms with Gasteiger partial charge in [0.25, 0.3) is 0 Å². The van der Waals surface area contributed by atoms with Crippen molar-refractivity contribution in [3.8, 4) is 17.2 Å². The molecular formula is C23H19NO5. The van der Waals surface area contributed by atoms with Gasteiger partial charge < -0.3 is 18.6 Å². The Bertz CT molecular complexity index is 1100. The lowest BCUT2D eigenvalue weighted by Gasteiger charge is -2.29. The Labute approximate surface area is 167 Å². The van der Waals surface area contributed by atoms with Crippen molar-refractivity contribution in [2.75, 3.05) is 13.8 Å². The largest absolute Gasteiger partial charge is 0.496 e. The lowest BCUT2D eigenvalue weighted by Crippen LogP contribution is -2.31. The Morgan fingerprint density at radius 2 is 2.03 bits per heavy atom. The van der Waals surface area contributed by atoms with Gasteiger partial charge in [0.05, 0.1) is 31.0 Å². The van der Waals surface area contributed by atoms with Crippen LogP contribution in [0.25, 0.3) is 6.08 Å². The zero-order chi connectivity index (χ0) is 19.8. The van der Waals surface area contributed by atoms with Crippen molar-refractivity contribution in [3.05, 3.63) is 83.0 Å². The lowest BCUT2D eigenvalue weighted by molar-refractivity contribution is 0.0810. The summed E-state index contributed by atoms with van der Waals surface area (Å²) in [6.07, 6.45) is 3.38. The predicted molar refractivity (Wildman–Crippen MR) is 106 cm³/mol. The molecule has 146 valence electrons. The van der Waals surface area contributed by atoms with Gasteiger partial charge >= 0.3 is 0 Å². The minimum Gasteiger partial charge on any atom is -0.496 e. The molecule has 2 aliphatic rings. The summed E-state index contributed by atoms with van der Waals surface area (Å²) in [5, 5.41) is 0. The number of benzene rings is 2. The van der Waals surface area contributed by atoms with Crippen LogP contribution in [0.1, 0.15) is 27.2 Å². The smallest absolute Gasteiger partial charge is 0.231 e. The first-order valence-electron chi connectivity index (χ1n) is 9.33. The second-order valence-electron chi connectivity index (χ2n) is 6.94. The van der Waals surface area contributed by atoms with Crippen LogP contribution in [0.15, 0.2) is 65.0 Å². The van der Waals surface area contributed by atoms with Crippen LogP contribution in [0, 0.1) is 0 Å². The summed E-state index contributed by atoms with van der Waals surface area (Å²) in [5.41, 5.74) is 2.21. The summed E-state index contributed by atoms with van der Waals surface area (Å²) in [4.78, 5) is 15.0. The molecule has 0 saturated carbocycles. The fourth-order valence-corrected chi connectivity index (χ4v) is 3.66. The number of ketones is 1. The van der Waals surface area contributed by atoms with E-state index >= 15 is 0 Å². The quantitative estimate of drug-likeness (QED) is 0.622. The normalized spacial score (nSPS) is 16.9. The van der Waals surface area contributed by atoms with E-state index in [0.29, 0.717) is 36.9 Å². The number of fused-ring (bicyclic) bond motifs is 3. The van der Waals surface area contributed by atoms with Crippen molar-refractivity contribution < 1.29 is 23.4 Å². The summed E-state index contributed by atoms with van der Waals surface area (Å²) in [7, 11) is 1.60. The molecular weight excluding hydrogens is 370 g/mol. The Hall–Kier alpha value is -3.51. The molecule has 1 aromatic heterocycles. The molecule has 0 atom stereocenters. The van der Waals surface area contributed by atoms with Gasteiger partial charge in [0, 0.05) is 12.1 Å². The maximum absolute atomic E-state index is 12.9. The molecule has 2 aliphatic heterocycles. The van der Waals surface area contributed by atoms with Gasteiger partial charge in [-0.2, -0.15) is 0 Å². The minimum absolute atomic E-state index is 0.142. The van der Waals surface area contributed by atoms with E-state index in [2.05, 4.69) is 4.90 Å². The van der Waals surface area contributed by atoms with Gasteiger partial charge in [-0.15, -0.1) is 0 Å². The van der Waals surface area contributed by atoms with Gasteiger partial charge in [-0.3, -0.25) is 9.69 Å². The number of rotatable bonds is 4. The second-order valence-corrected chi connectivity index (χ2v) is 6.94. The van der Waals surface area contributed by atoms with E-state index in [1.807, 2.05) is 42.5 Å². The number of methoxy groups -OCH3 is 1. The molecule has 0 spiro atoms. The Kier molecular flexibility index (Phi) is 4.33. The van der Waals surface area contributed by atoms with Crippen LogP contribution in [0.4, 0.5) is 0 Å². The monoisotopic (exact) mass is 389 g/mol. The molecule has 29 heavy (non-hydrogen) atoms. The number of carbonyl (C=O) groups excluding carboxylic acids is 1. The van der Waals surface area contributed by atoms with Crippen LogP contribution in [0.2, 0.25) is 0 Å². The molecule has 3 aromatic rings. The van der Waals surface area contributed by atoms with Gasteiger partial charge in [0.15, 0.2) is 5.76 Å². The first-order chi connectivity index (χ1) is 14.2. The highest BCUT2D eigenvalue weighted by Crippen LogP contribution is 2.42. The number of para-hydroxylation sites is 1. The summed E-state index contributed by atoms with van der Waals surface area (Å²) in [6, 6.07) is 14.9. The van der Waals surface area contributed by atoms with Crippen molar-refractivity contribution >= 4 is 11.9 Å². The SMILES string of the molecule is COc1ccccc1/C=C1\Oc2c(ccc3c2CN(Cc2ccco2)CO3)C1=O. The standard InChI is InChI=1S/C23H19NO5/c1-26-19-7-3-2-5-15(19)11-21-22(25)17-8-9-20-18(23(17)29-21)13-24(14-28-20)12-16-6-4-10-27-16/h2-11H,12-14H2,1H3/b21-11-. The molecule has 3 heterocycles. The van der Waals surface area contributed by atoms with Gasteiger partial charge in [0.2, 0.25) is 5.78 Å². The summed E-state index contributed by atoms with van der Waals surface area (Å²) < 4.78 is 22.7. The van der Waals surface area contributed by atoms with Crippen molar-refractivity contribution in [1.82, 2.24) is 4.90 Å².